The predicted molar refractivity (Wildman–Crippen MR) is 98.2 cm³/mol. The van der Waals surface area contributed by atoms with Crippen LogP contribution in [0.1, 0.15) is 32.8 Å². The van der Waals surface area contributed by atoms with Crippen molar-refractivity contribution >= 4 is 17.7 Å². The molecule has 146 valence electrons. The van der Waals surface area contributed by atoms with Gasteiger partial charge in [0, 0.05) is 25.9 Å². The molecule has 2 heterocycles. The highest BCUT2D eigenvalue weighted by molar-refractivity contribution is 5.98. The second-order valence-corrected chi connectivity index (χ2v) is 8.52. The van der Waals surface area contributed by atoms with Crippen LogP contribution in [-0.4, -0.2) is 59.2 Å². The number of benzene rings is 1. The van der Waals surface area contributed by atoms with Crippen molar-refractivity contribution in [2.24, 2.45) is 5.41 Å². The monoisotopic (exact) mass is 375 g/mol. The third-order valence-corrected chi connectivity index (χ3v) is 4.97. The molecule has 2 saturated heterocycles. The maximum absolute atomic E-state index is 13.1. The highest BCUT2D eigenvalue weighted by atomic mass is 19.1. The van der Waals surface area contributed by atoms with E-state index >= 15 is 0 Å². The molecule has 2 atom stereocenters. The molecule has 0 aromatic heterocycles. The fourth-order valence-corrected chi connectivity index (χ4v) is 3.59. The van der Waals surface area contributed by atoms with Crippen molar-refractivity contribution in [3.05, 3.63) is 35.6 Å². The topological polar surface area (TPSA) is 69.7 Å². The molecule has 3 amide bonds. The van der Waals surface area contributed by atoms with E-state index in [2.05, 4.69) is 5.32 Å². The van der Waals surface area contributed by atoms with Crippen molar-refractivity contribution in [3.8, 4) is 0 Å². The van der Waals surface area contributed by atoms with Gasteiger partial charge in [0.2, 0.25) is 17.7 Å². The Bertz CT molecular complexity index is 742. The molecule has 2 aliphatic rings. The average Bonchev–Trinajstić information content (AvgIpc) is 2.59. The van der Waals surface area contributed by atoms with Crippen LogP contribution in [0.5, 0.6) is 0 Å². The van der Waals surface area contributed by atoms with Gasteiger partial charge in [-0.1, -0.05) is 32.9 Å². The molecule has 1 N–H and O–H groups in total. The van der Waals surface area contributed by atoms with Crippen LogP contribution in [0.3, 0.4) is 0 Å². The summed E-state index contributed by atoms with van der Waals surface area (Å²) in [5, 5.41) is 2.77. The normalized spacial score (nSPS) is 23.1. The molecule has 0 spiro atoms. The van der Waals surface area contributed by atoms with E-state index in [1.165, 1.54) is 12.1 Å². The largest absolute Gasteiger partial charge is 0.342 e. The summed E-state index contributed by atoms with van der Waals surface area (Å²) in [5.74, 6) is -0.716. The van der Waals surface area contributed by atoms with E-state index in [0.29, 0.717) is 25.9 Å². The summed E-state index contributed by atoms with van der Waals surface area (Å²) in [6, 6.07) is 4.61. The number of amides is 3. The van der Waals surface area contributed by atoms with Gasteiger partial charge in [0.05, 0.1) is 6.54 Å². The van der Waals surface area contributed by atoms with Crippen molar-refractivity contribution in [1.82, 2.24) is 15.1 Å². The second-order valence-electron chi connectivity index (χ2n) is 8.52. The molecule has 0 bridgehead atoms. The fraction of sp³-hybridized carbons (Fsp3) is 0.550. The number of piperazine rings is 2. The van der Waals surface area contributed by atoms with Crippen molar-refractivity contribution < 1.29 is 18.8 Å². The summed E-state index contributed by atoms with van der Waals surface area (Å²) in [7, 11) is 0. The zero-order valence-corrected chi connectivity index (χ0v) is 16.0. The van der Waals surface area contributed by atoms with Crippen LogP contribution in [0.4, 0.5) is 4.39 Å². The number of nitrogens with one attached hydrogen (secondary N) is 1. The Labute approximate surface area is 158 Å². The van der Waals surface area contributed by atoms with Gasteiger partial charge in [-0.25, -0.2) is 4.39 Å². The van der Waals surface area contributed by atoms with E-state index in [-0.39, 0.29) is 35.5 Å². The first-order valence-electron chi connectivity index (χ1n) is 9.27. The predicted octanol–water partition coefficient (Wildman–Crippen LogP) is 1.34. The molecule has 7 heteroatoms. The first-order chi connectivity index (χ1) is 12.6. The minimum Gasteiger partial charge on any atom is -0.342 e. The molecule has 2 unspecified atom stereocenters. The maximum Gasteiger partial charge on any atom is 0.246 e. The number of fused-ring (bicyclic) bond motifs is 1. The highest BCUT2D eigenvalue weighted by Crippen LogP contribution is 2.23. The Morgan fingerprint density at radius 1 is 1.19 bits per heavy atom. The van der Waals surface area contributed by atoms with Crippen LogP contribution in [0, 0.1) is 11.2 Å². The molecule has 3 rings (SSSR count). The van der Waals surface area contributed by atoms with E-state index in [1.807, 2.05) is 20.8 Å². The Hall–Kier alpha value is -2.44. The number of rotatable bonds is 3. The van der Waals surface area contributed by atoms with E-state index in [0.717, 1.165) is 5.56 Å². The Morgan fingerprint density at radius 3 is 2.48 bits per heavy atom. The summed E-state index contributed by atoms with van der Waals surface area (Å²) < 4.78 is 13.1. The summed E-state index contributed by atoms with van der Waals surface area (Å²) in [6.07, 6.45) is 0.725. The lowest BCUT2D eigenvalue weighted by molar-refractivity contribution is -0.156. The first-order valence-corrected chi connectivity index (χ1v) is 9.27. The molecule has 2 fully saturated rings. The van der Waals surface area contributed by atoms with Crippen LogP contribution < -0.4 is 5.32 Å². The fourth-order valence-electron chi connectivity index (χ4n) is 3.59. The summed E-state index contributed by atoms with van der Waals surface area (Å²) >= 11 is 0. The van der Waals surface area contributed by atoms with Gasteiger partial charge in [0.1, 0.15) is 17.9 Å². The minimum absolute atomic E-state index is 0.0100. The molecule has 1 aromatic rings. The van der Waals surface area contributed by atoms with Gasteiger partial charge >= 0.3 is 0 Å². The Balaban J connectivity index is 1.66. The number of hydrogen-bond donors (Lipinski definition) is 1. The molecular weight excluding hydrogens is 349 g/mol. The number of hydrogen-bond acceptors (Lipinski definition) is 3. The second kappa shape index (κ2) is 7.29. The Morgan fingerprint density at radius 2 is 1.85 bits per heavy atom. The van der Waals surface area contributed by atoms with E-state index in [9.17, 15) is 18.8 Å². The standard InChI is InChI=1S/C20H26FN3O3/c1-20(2,3)11-17(25)23-8-9-24-16(12-23)18(26)22-15(19(24)27)10-13-4-6-14(21)7-5-13/h4-7,15-16H,8-12H2,1-3H3,(H,22,26). The van der Waals surface area contributed by atoms with E-state index in [4.69, 9.17) is 0 Å². The van der Waals surface area contributed by atoms with Crippen LogP contribution in [0.15, 0.2) is 24.3 Å². The summed E-state index contributed by atoms with van der Waals surface area (Å²) in [5.41, 5.74) is 0.659. The Kier molecular flexibility index (Phi) is 5.22. The maximum atomic E-state index is 13.1. The van der Waals surface area contributed by atoms with Crippen molar-refractivity contribution in [2.75, 3.05) is 19.6 Å². The zero-order chi connectivity index (χ0) is 19.8. The number of carbonyl (C=O) groups excluding carboxylic acids is 3. The lowest BCUT2D eigenvalue weighted by atomic mass is 9.91. The first kappa shape index (κ1) is 19.3. The lowest BCUT2D eigenvalue weighted by Gasteiger charge is -2.45. The molecule has 0 saturated carbocycles. The third-order valence-electron chi connectivity index (χ3n) is 4.97. The van der Waals surface area contributed by atoms with Crippen molar-refractivity contribution in [1.29, 1.82) is 0 Å². The average molecular weight is 375 g/mol. The molecule has 27 heavy (non-hydrogen) atoms. The van der Waals surface area contributed by atoms with Gasteiger partial charge in [0.25, 0.3) is 0 Å². The summed E-state index contributed by atoms with van der Waals surface area (Å²) in [4.78, 5) is 41.1. The number of nitrogens with zero attached hydrogens (tertiary/aromatic N) is 2. The highest BCUT2D eigenvalue weighted by Gasteiger charge is 2.44. The zero-order valence-electron chi connectivity index (χ0n) is 16.0. The number of carbonyl (C=O) groups is 3. The lowest BCUT2D eigenvalue weighted by Crippen LogP contribution is -2.70. The molecule has 0 radical (unpaired) electrons. The molecule has 6 nitrogen and oxygen atoms in total. The van der Waals surface area contributed by atoms with E-state index in [1.54, 1.807) is 21.9 Å². The van der Waals surface area contributed by atoms with Crippen molar-refractivity contribution in [2.45, 2.75) is 45.7 Å². The van der Waals surface area contributed by atoms with Gasteiger partial charge in [-0.3, -0.25) is 14.4 Å². The summed E-state index contributed by atoms with van der Waals surface area (Å²) in [6.45, 7) is 7.02. The van der Waals surface area contributed by atoms with Crippen LogP contribution >= 0.6 is 0 Å². The molecule has 1 aromatic carbocycles. The van der Waals surface area contributed by atoms with Gasteiger partial charge in [0.15, 0.2) is 0 Å². The molecule has 0 aliphatic carbocycles. The quantitative estimate of drug-likeness (QED) is 0.867. The van der Waals surface area contributed by atoms with Gasteiger partial charge in [-0.15, -0.1) is 0 Å². The van der Waals surface area contributed by atoms with Gasteiger partial charge < -0.3 is 15.1 Å². The van der Waals surface area contributed by atoms with Crippen LogP contribution in [-0.2, 0) is 20.8 Å². The smallest absolute Gasteiger partial charge is 0.246 e. The van der Waals surface area contributed by atoms with Crippen LogP contribution in [0.25, 0.3) is 0 Å². The van der Waals surface area contributed by atoms with Crippen LogP contribution in [0.2, 0.25) is 0 Å². The third kappa shape index (κ3) is 4.46. The minimum atomic E-state index is -0.656. The molecule has 2 aliphatic heterocycles. The number of halogens is 1. The van der Waals surface area contributed by atoms with E-state index < -0.39 is 12.1 Å². The van der Waals surface area contributed by atoms with Gasteiger partial charge in [-0.05, 0) is 23.1 Å². The van der Waals surface area contributed by atoms with Gasteiger partial charge in [-0.2, -0.15) is 0 Å². The SMILES string of the molecule is CC(C)(C)CC(=O)N1CCN2C(=O)C(Cc3ccc(F)cc3)NC(=O)C2C1. The van der Waals surface area contributed by atoms with Crippen molar-refractivity contribution in [3.63, 3.8) is 0 Å². The molecular formula is C20H26FN3O3.